The molecule has 8 nitrogen and oxygen atoms in total. The number of benzene rings is 2. The van der Waals surface area contributed by atoms with Crippen molar-refractivity contribution in [1.29, 1.82) is 0 Å². The monoisotopic (exact) mass is 728 g/mol. The molecule has 2 fully saturated rings. The minimum atomic E-state index is -6.01. The largest absolute Gasteiger partial charge is 0.493 e. The van der Waals surface area contributed by atoms with Gasteiger partial charge in [-0.3, -0.25) is 0 Å². The first-order valence-corrected chi connectivity index (χ1v) is 17.7. The molecule has 2 aromatic carbocycles. The predicted octanol–water partition coefficient (Wildman–Crippen LogP) is 8.74. The third kappa shape index (κ3) is 8.37. The van der Waals surface area contributed by atoms with Crippen LogP contribution in [-0.4, -0.2) is 61.5 Å². The molecule has 0 bridgehead atoms. The normalized spacial score (nSPS) is 20.5. The zero-order valence-corrected chi connectivity index (χ0v) is 28.9. The molecule has 51 heavy (non-hydrogen) atoms. The van der Waals surface area contributed by atoms with Crippen LogP contribution in [0.5, 0.6) is 17.2 Å². The molecule has 5 rings (SSSR count). The van der Waals surface area contributed by atoms with E-state index in [0.717, 1.165) is 49.8 Å². The molecule has 1 aliphatic carbocycles. The molecular formula is C37H46F6N2O6. The van der Waals surface area contributed by atoms with Crippen molar-refractivity contribution >= 4 is 12.1 Å². The van der Waals surface area contributed by atoms with Gasteiger partial charge in [0.15, 0.2) is 17.2 Å². The summed E-state index contributed by atoms with van der Waals surface area (Å²) < 4.78 is 107. The van der Waals surface area contributed by atoms with Crippen LogP contribution in [0.1, 0.15) is 93.9 Å². The number of halogens is 6. The van der Waals surface area contributed by atoms with Crippen LogP contribution in [0, 0.1) is 5.92 Å². The second-order valence-electron chi connectivity index (χ2n) is 13.3. The Kier molecular flexibility index (Phi) is 12.1. The highest BCUT2D eigenvalue weighted by molar-refractivity contribution is 5.75. The number of hydrogen-bond acceptors (Lipinski definition) is 6. The van der Waals surface area contributed by atoms with Crippen molar-refractivity contribution in [3.05, 3.63) is 58.7 Å². The molecule has 0 spiro atoms. The van der Waals surface area contributed by atoms with Gasteiger partial charge in [-0.15, -0.1) is 0 Å². The van der Waals surface area contributed by atoms with Crippen LogP contribution in [-0.2, 0) is 22.5 Å². The topological polar surface area (TPSA) is 89.5 Å². The molecular weight excluding hydrogens is 682 g/mol. The highest BCUT2D eigenvalue weighted by Crippen LogP contribution is 2.51. The molecule has 0 radical (unpaired) electrons. The van der Waals surface area contributed by atoms with Crippen molar-refractivity contribution in [1.82, 2.24) is 10.2 Å². The van der Waals surface area contributed by atoms with E-state index >= 15 is 0 Å². The fourth-order valence-electron chi connectivity index (χ4n) is 6.86. The summed E-state index contributed by atoms with van der Waals surface area (Å²) in [5.41, 5.74) is -6.49. The number of alkyl halides is 6. The highest BCUT2D eigenvalue weighted by atomic mass is 19.4. The minimum absolute atomic E-state index is 0.0223. The molecule has 1 unspecified atom stereocenters. The Labute approximate surface area is 294 Å². The Morgan fingerprint density at radius 2 is 1.69 bits per heavy atom. The molecule has 1 atom stereocenters. The summed E-state index contributed by atoms with van der Waals surface area (Å²) in [4.78, 5) is 14.7. The first-order chi connectivity index (χ1) is 24.2. The zero-order chi connectivity index (χ0) is 36.9. The third-order valence-electron chi connectivity index (χ3n) is 9.79. The molecule has 3 aliphatic rings. The maximum Gasteiger partial charge on any atom is 0.430 e. The number of amides is 2. The molecule has 282 valence electrons. The van der Waals surface area contributed by atoms with E-state index in [0.29, 0.717) is 56.9 Å². The van der Waals surface area contributed by atoms with Gasteiger partial charge in [-0.05, 0) is 74.3 Å². The average molecular weight is 729 g/mol. The summed E-state index contributed by atoms with van der Waals surface area (Å²) in [7, 11) is 0. The average Bonchev–Trinajstić information content (AvgIpc) is 3.10. The van der Waals surface area contributed by atoms with Crippen LogP contribution < -0.4 is 19.5 Å². The zero-order valence-electron chi connectivity index (χ0n) is 28.9. The Morgan fingerprint density at radius 1 is 0.980 bits per heavy atom. The summed E-state index contributed by atoms with van der Waals surface area (Å²) >= 11 is 0. The van der Waals surface area contributed by atoms with Crippen molar-refractivity contribution in [2.75, 3.05) is 33.1 Å². The van der Waals surface area contributed by atoms with Gasteiger partial charge in [0.25, 0.3) is 5.60 Å². The predicted molar refractivity (Wildman–Crippen MR) is 177 cm³/mol. The highest BCUT2D eigenvalue weighted by Gasteiger charge is 2.71. The van der Waals surface area contributed by atoms with Crippen LogP contribution in [0.15, 0.2) is 36.4 Å². The van der Waals surface area contributed by atoms with Crippen molar-refractivity contribution in [2.24, 2.45) is 5.92 Å². The Hall–Kier alpha value is -3.65. The molecule has 2 aromatic rings. The van der Waals surface area contributed by atoms with Crippen molar-refractivity contribution in [3.63, 3.8) is 0 Å². The minimum Gasteiger partial charge on any atom is -0.493 e. The van der Waals surface area contributed by atoms with Crippen LogP contribution >= 0.6 is 0 Å². The summed E-state index contributed by atoms with van der Waals surface area (Å²) in [6.45, 7) is 4.95. The number of aryl methyl sites for hydroxylation is 1. The SMILES string of the molecule is CCCc1cc(C(O)(C(F)(F)F)C(F)(F)F)cc(/C=C/C2CCCCC2)c1OCCCCN1COC(CC)(c2ccc3c(c2)OCCO3)NC1=O. The molecule has 1 saturated carbocycles. The van der Waals surface area contributed by atoms with Gasteiger partial charge in [0.05, 0.1) is 6.61 Å². The van der Waals surface area contributed by atoms with Gasteiger partial charge in [-0.25, -0.2) is 4.79 Å². The number of hydrogen-bond donors (Lipinski definition) is 2. The fourth-order valence-corrected chi connectivity index (χ4v) is 6.86. The lowest BCUT2D eigenvalue weighted by molar-refractivity contribution is -0.376. The Bertz CT molecular complexity index is 1530. The molecule has 2 N–H and O–H groups in total. The van der Waals surface area contributed by atoms with Gasteiger partial charge in [0.1, 0.15) is 25.7 Å². The maximum absolute atomic E-state index is 13.9. The Balaban J connectivity index is 1.28. The molecule has 2 amide bonds. The summed E-state index contributed by atoms with van der Waals surface area (Å²) in [5.74, 6) is 1.52. The quantitative estimate of drug-likeness (QED) is 0.159. The Morgan fingerprint density at radius 3 is 2.33 bits per heavy atom. The number of nitrogens with zero attached hydrogens (tertiary/aromatic N) is 1. The number of carbonyl (C=O) groups excluding carboxylic acids is 1. The van der Waals surface area contributed by atoms with Crippen molar-refractivity contribution in [2.45, 2.75) is 102 Å². The molecule has 1 saturated heterocycles. The van der Waals surface area contributed by atoms with Gasteiger partial charge in [0.2, 0.25) is 0 Å². The van der Waals surface area contributed by atoms with Crippen molar-refractivity contribution < 1.29 is 55.2 Å². The summed E-state index contributed by atoms with van der Waals surface area (Å²) in [6, 6.07) is 6.59. The molecule has 14 heteroatoms. The summed E-state index contributed by atoms with van der Waals surface area (Å²) in [5, 5.41) is 13.2. The lowest BCUT2D eigenvalue weighted by Gasteiger charge is -2.42. The molecule has 2 aliphatic heterocycles. The maximum atomic E-state index is 13.9. The van der Waals surface area contributed by atoms with E-state index in [1.807, 2.05) is 19.1 Å². The standard InChI is InChI=1S/C37H46F6N2O6/c1-3-10-26-21-29(35(47,36(38,39)40)37(41,42)43)22-27(14-13-25-11-6-5-7-12-25)32(26)50-18-9-8-17-45-24-51-34(4-2,44-33(45)46)28-15-16-30-31(23-28)49-20-19-48-30/h13-16,21-23,25,47H,3-12,17-20,24H2,1-2H3,(H,44,46)/b14-13+. The van der Waals surface area contributed by atoms with Crippen LogP contribution in [0.3, 0.4) is 0 Å². The van der Waals surface area contributed by atoms with Gasteiger partial charge in [-0.1, -0.05) is 57.7 Å². The van der Waals surface area contributed by atoms with E-state index in [-0.39, 0.29) is 48.6 Å². The third-order valence-corrected chi connectivity index (χ3v) is 9.79. The summed E-state index contributed by atoms with van der Waals surface area (Å²) in [6.07, 6.45) is -1.98. The molecule has 0 aromatic heterocycles. The lowest BCUT2D eigenvalue weighted by Crippen LogP contribution is -2.59. The smallest absolute Gasteiger partial charge is 0.430 e. The number of unbranched alkanes of at least 4 members (excludes halogenated alkanes) is 1. The van der Waals surface area contributed by atoms with E-state index in [1.54, 1.807) is 19.1 Å². The number of ether oxygens (including phenoxy) is 4. The number of allylic oxidation sites excluding steroid dienone is 1. The van der Waals surface area contributed by atoms with E-state index in [9.17, 15) is 36.2 Å². The van der Waals surface area contributed by atoms with Gasteiger partial charge in [-0.2, -0.15) is 26.3 Å². The van der Waals surface area contributed by atoms with Crippen LogP contribution in [0.2, 0.25) is 0 Å². The molecule has 2 heterocycles. The van der Waals surface area contributed by atoms with Gasteiger partial charge in [0, 0.05) is 23.2 Å². The second kappa shape index (κ2) is 15.9. The number of urea groups is 1. The van der Waals surface area contributed by atoms with Gasteiger partial charge < -0.3 is 34.3 Å². The van der Waals surface area contributed by atoms with Crippen molar-refractivity contribution in [3.8, 4) is 17.2 Å². The number of fused-ring (bicyclic) bond motifs is 1. The fraction of sp³-hybridized carbons (Fsp3) is 0.595. The van der Waals surface area contributed by atoms with E-state index in [2.05, 4.69) is 5.32 Å². The number of nitrogens with one attached hydrogen (secondary N) is 1. The first kappa shape index (κ1) is 38.6. The van der Waals surface area contributed by atoms with Crippen LogP contribution in [0.4, 0.5) is 31.1 Å². The first-order valence-electron chi connectivity index (χ1n) is 17.7. The van der Waals surface area contributed by atoms with E-state index in [1.165, 1.54) is 11.0 Å². The second-order valence-corrected chi connectivity index (χ2v) is 13.3. The van der Waals surface area contributed by atoms with Gasteiger partial charge >= 0.3 is 18.4 Å². The number of carbonyl (C=O) groups is 1. The lowest BCUT2D eigenvalue weighted by atomic mass is 9.86. The van der Waals surface area contributed by atoms with Crippen LogP contribution in [0.25, 0.3) is 6.08 Å². The number of aliphatic hydroxyl groups is 1. The van der Waals surface area contributed by atoms with E-state index < -0.39 is 29.2 Å². The van der Waals surface area contributed by atoms with E-state index in [4.69, 9.17) is 18.9 Å². The number of rotatable bonds is 13.